The summed E-state index contributed by atoms with van der Waals surface area (Å²) in [5, 5.41) is 0. The Bertz CT molecular complexity index is 749. The quantitative estimate of drug-likeness (QED) is 0.616. The van der Waals surface area contributed by atoms with Crippen LogP contribution in [0.1, 0.15) is 20.9 Å². The van der Waals surface area contributed by atoms with Crippen molar-refractivity contribution in [2.24, 2.45) is 0 Å². The number of aryl methyl sites for hydroxylation is 1. The molecule has 0 fully saturated rings. The van der Waals surface area contributed by atoms with Crippen LogP contribution in [0.15, 0.2) is 60.7 Å². The van der Waals surface area contributed by atoms with E-state index in [0.717, 1.165) is 17.5 Å². The van der Waals surface area contributed by atoms with E-state index < -0.39 is 0 Å². The first-order valence-corrected chi connectivity index (χ1v) is 8.03. The van der Waals surface area contributed by atoms with Crippen LogP contribution in [0.25, 0.3) is 0 Å². The maximum atomic E-state index is 14.1. The largest absolute Gasteiger partial charge is 0.486 e. The molecule has 3 rings (SSSR count). The summed E-state index contributed by atoms with van der Waals surface area (Å²) in [4.78, 5) is 2.52. The topological polar surface area (TPSA) is 9.23 Å². The molecule has 22 heavy (non-hydrogen) atoms. The highest BCUT2D eigenvalue weighted by Gasteiger charge is 2.07. The summed E-state index contributed by atoms with van der Waals surface area (Å²) in [6.07, 6.45) is 0.758. The highest BCUT2D eigenvalue weighted by molar-refractivity contribution is 7.11. The first-order valence-electron chi connectivity index (χ1n) is 7.21. The molecule has 1 heterocycles. The van der Waals surface area contributed by atoms with E-state index in [9.17, 15) is 4.39 Å². The summed E-state index contributed by atoms with van der Waals surface area (Å²) >= 11 is 1.75. The molecule has 0 aliphatic heterocycles. The van der Waals surface area contributed by atoms with E-state index in [1.165, 1.54) is 9.75 Å². The highest BCUT2D eigenvalue weighted by Crippen LogP contribution is 2.23. The zero-order valence-corrected chi connectivity index (χ0v) is 13.2. The Morgan fingerprint density at radius 2 is 1.77 bits per heavy atom. The Balaban J connectivity index is 1.67. The molecule has 3 heteroatoms. The van der Waals surface area contributed by atoms with E-state index in [1.807, 2.05) is 36.4 Å². The molecule has 0 spiro atoms. The van der Waals surface area contributed by atoms with Crippen molar-refractivity contribution in [1.29, 1.82) is 0 Å². The van der Waals surface area contributed by atoms with Crippen molar-refractivity contribution in [1.82, 2.24) is 0 Å². The van der Waals surface area contributed by atoms with Crippen LogP contribution in [0.3, 0.4) is 0 Å². The van der Waals surface area contributed by atoms with Gasteiger partial charge in [-0.25, -0.2) is 4.39 Å². The average Bonchev–Trinajstić information content (AvgIpc) is 2.92. The second kappa shape index (κ2) is 6.75. The monoisotopic (exact) mass is 312 g/mol. The zero-order chi connectivity index (χ0) is 15.4. The molecule has 112 valence electrons. The smallest absolute Gasteiger partial charge is 0.165 e. The summed E-state index contributed by atoms with van der Waals surface area (Å²) in [5.41, 5.74) is 1.99. The van der Waals surface area contributed by atoms with Crippen LogP contribution in [0.2, 0.25) is 0 Å². The number of halogens is 1. The molecule has 0 radical (unpaired) electrons. The van der Waals surface area contributed by atoms with Crippen molar-refractivity contribution < 1.29 is 9.13 Å². The molecular formula is C19H17FOS. The van der Waals surface area contributed by atoms with Crippen molar-refractivity contribution >= 4 is 11.3 Å². The maximum Gasteiger partial charge on any atom is 0.165 e. The average molecular weight is 312 g/mol. The molecule has 1 aromatic heterocycles. The van der Waals surface area contributed by atoms with Crippen LogP contribution in [0.4, 0.5) is 4.39 Å². The van der Waals surface area contributed by atoms with Gasteiger partial charge in [0.05, 0.1) is 0 Å². The SMILES string of the molecule is Cc1ccc(Cc2ccc(OCc3ccccc3)c(F)c2)s1. The van der Waals surface area contributed by atoms with E-state index in [1.54, 1.807) is 23.5 Å². The van der Waals surface area contributed by atoms with Gasteiger partial charge in [0.1, 0.15) is 6.61 Å². The van der Waals surface area contributed by atoms with Crippen molar-refractivity contribution in [2.45, 2.75) is 20.0 Å². The molecule has 3 aromatic rings. The Kier molecular flexibility index (Phi) is 4.54. The summed E-state index contributed by atoms with van der Waals surface area (Å²) < 4.78 is 19.7. The normalized spacial score (nSPS) is 10.6. The first-order chi connectivity index (χ1) is 10.7. The fraction of sp³-hybridized carbons (Fsp3) is 0.158. The summed E-state index contributed by atoms with van der Waals surface area (Å²) in [6.45, 7) is 2.45. The molecule has 2 aromatic carbocycles. The van der Waals surface area contributed by atoms with Crippen molar-refractivity contribution in [3.8, 4) is 5.75 Å². The van der Waals surface area contributed by atoms with Gasteiger partial charge in [0.15, 0.2) is 11.6 Å². The number of ether oxygens (including phenoxy) is 1. The van der Waals surface area contributed by atoms with Gasteiger partial charge in [-0.3, -0.25) is 0 Å². The lowest BCUT2D eigenvalue weighted by atomic mass is 10.1. The Labute approximate surface area is 134 Å². The lowest BCUT2D eigenvalue weighted by Crippen LogP contribution is -1.98. The minimum absolute atomic E-state index is 0.301. The molecule has 0 saturated heterocycles. The molecule has 0 N–H and O–H groups in total. The van der Waals surface area contributed by atoms with Gasteiger partial charge in [0, 0.05) is 16.2 Å². The lowest BCUT2D eigenvalue weighted by molar-refractivity contribution is 0.290. The van der Waals surface area contributed by atoms with Gasteiger partial charge in [-0.05, 0) is 42.3 Å². The van der Waals surface area contributed by atoms with E-state index in [2.05, 4.69) is 19.1 Å². The summed E-state index contributed by atoms with van der Waals surface area (Å²) in [5.74, 6) is -0.00308. The van der Waals surface area contributed by atoms with Crippen LogP contribution < -0.4 is 4.74 Å². The number of benzene rings is 2. The highest BCUT2D eigenvalue weighted by atomic mass is 32.1. The van der Waals surface area contributed by atoms with Crippen molar-refractivity contribution in [3.63, 3.8) is 0 Å². The van der Waals surface area contributed by atoms with E-state index in [0.29, 0.717) is 12.4 Å². The minimum atomic E-state index is -0.304. The fourth-order valence-electron chi connectivity index (χ4n) is 2.29. The van der Waals surface area contributed by atoms with Gasteiger partial charge >= 0.3 is 0 Å². The second-order valence-corrected chi connectivity index (χ2v) is 6.60. The third-order valence-electron chi connectivity index (χ3n) is 3.41. The summed E-state index contributed by atoms with van der Waals surface area (Å²) in [7, 11) is 0. The van der Waals surface area contributed by atoms with Crippen LogP contribution in [-0.4, -0.2) is 0 Å². The van der Waals surface area contributed by atoms with Gasteiger partial charge in [0.25, 0.3) is 0 Å². The zero-order valence-electron chi connectivity index (χ0n) is 12.4. The molecule has 1 nitrogen and oxygen atoms in total. The Hall–Kier alpha value is -2.13. The first kappa shape index (κ1) is 14.8. The van der Waals surface area contributed by atoms with E-state index in [4.69, 9.17) is 4.74 Å². The van der Waals surface area contributed by atoms with Gasteiger partial charge in [0.2, 0.25) is 0 Å². The van der Waals surface area contributed by atoms with Crippen LogP contribution in [0, 0.1) is 12.7 Å². The second-order valence-electron chi connectivity index (χ2n) is 5.23. The number of hydrogen-bond donors (Lipinski definition) is 0. The van der Waals surface area contributed by atoms with Gasteiger partial charge in [-0.1, -0.05) is 36.4 Å². The third kappa shape index (κ3) is 3.74. The minimum Gasteiger partial charge on any atom is -0.486 e. The van der Waals surface area contributed by atoms with E-state index >= 15 is 0 Å². The molecule has 0 aliphatic carbocycles. The number of rotatable bonds is 5. The predicted octanol–water partition coefficient (Wildman–Crippen LogP) is 5.37. The molecule has 0 amide bonds. The lowest BCUT2D eigenvalue weighted by Gasteiger charge is -2.08. The number of thiophene rings is 1. The van der Waals surface area contributed by atoms with Gasteiger partial charge in [-0.2, -0.15) is 0 Å². The van der Waals surface area contributed by atoms with Gasteiger partial charge < -0.3 is 4.74 Å². The fourth-order valence-corrected chi connectivity index (χ4v) is 3.21. The molecule has 0 saturated carbocycles. The molecule has 0 aliphatic rings. The Morgan fingerprint density at radius 3 is 2.45 bits per heavy atom. The molecular weight excluding hydrogens is 295 g/mol. The van der Waals surface area contributed by atoms with Crippen molar-refractivity contribution in [3.05, 3.63) is 87.4 Å². The van der Waals surface area contributed by atoms with Crippen molar-refractivity contribution in [2.75, 3.05) is 0 Å². The Morgan fingerprint density at radius 1 is 0.955 bits per heavy atom. The van der Waals surface area contributed by atoms with Crippen LogP contribution in [0.5, 0.6) is 5.75 Å². The van der Waals surface area contributed by atoms with Crippen LogP contribution in [-0.2, 0) is 13.0 Å². The van der Waals surface area contributed by atoms with E-state index in [-0.39, 0.29) is 5.82 Å². The molecule has 0 atom stereocenters. The van der Waals surface area contributed by atoms with Crippen LogP contribution >= 0.6 is 11.3 Å². The third-order valence-corrected chi connectivity index (χ3v) is 4.41. The summed E-state index contributed by atoms with van der Waals surface area (Å²) in [6, 6.07) is 19.2. The van der Waals surface area contributed by atoms with Gasteiger partial charge in [-0.15, -0.1) is 11.3 Å². The molecule has 0 unspecified atom stereocenters. The maximum absolute atomic E-state index is 14.1. The molecule has 0 bridgehead atoms. The number of hydrogen-bond acceptors (Lipinski definition) is 2. The standard InChI is InChI=1S/C19H17FOS/c1-14-7-9-17(22-14)11-16-8-10-19(18(20)12-16)21-13-15-5-3-2-4-6-15/h2-10,12H,11,13H2,1H3. The predicted molar refractivity (Wildman–Crippen MR) is 89.0 cm³/mol.